The monoisotopic (exact) mass is 411 g/mol. The van der Waals surface area contributed by atoms with E-state index >= 15 is 0 Å². The van der Waals surface area contributed by atoms with Gasteiger partial charge in [0.15, 0.2) is 11.5 Å². The van der Waals surface area contributed by atoms with Crippen molar-refractivity contribution in [2.45, 2.75) is 25.3 Å². The molecular formula is C22H25N3O3S. The molecule has 6 nitrogen and oxygen atoms in total. The summed E-state index contributed by atoms with van der Waals surface area (Å²) in [6.07, 6.45) is 3.64. The molecule has 2 aromatic heterocycles. The topological polar surface area (TPSA) is 67.6 Å². The molecule has 0 bridgehead atoms. The Balaban J connectivity index is 1.46. The van der Waals surface area contributed by atoms with Crippen LogP contribution in [0.5, 0.6) is 5.75 Å². The molecule has 1 fully saturated rings. The van der Waals surface area contributed by atoms with Crippen molar-refractivity contribution in [3.05, 3.63) is 59.1 Å². The zero-order chi connectivity index (χ0) is 20.1. The van der Waals surface area contributed by atoms with Crippen LogP contribution >= 0.6 is 11.3 Å². The number of ether oxygens (including phenoxy) is 1. The van der Waals surface area contributed by atoms with Gasteiger partial charge in [-0.05, 0) is 55.1 Å². The van der Waals surface area contributed by atoms with Gasteiger partial charge in [0.05, 0.1) is 18.0 Å². The summed E-state index contributed by atoms with van der Waals surface area (Å²) in [6.45, 7) is 2.60. The lowest BCUT2D eigenvalue weighted by Gasteiger charge is -2.35. The van der Waals surface area contributed by atoms with Gasteiger partial charge in [0, 0.05) is 12.6 Å². The van der Waals surface area contributed by atoms with Gasteiger partial charge in [-0.2, -0.15) is 0 Å². The summed E-state index contributed by atoms with van der Waals surface area (Å²) < 4.78 is 10.6. The van der Waals surface area contributed by atoms with Crippen LogP contribution in [0.4, 0.5) is 0 Å². The molecule has 1 saturated heterocycles. The molecule has 4 rings (SSSR count). The summed E-state index contributed by atoms with van der Waals surface area (Å²) in [5, 5.41) is 8.97. The highest BCUT2D eigenvalue weighted by molar-refractivity contribution is 7.13. The maximum Gasteiger partial charge on any atom is 0.273 e. The van der Waals surface area contributed by atoms with Gasteiger partial charge in [0.1, 0.15) is 5.75 Å². The number of hydrogen-bond donors (Lipinski definition) is 1. The molecule has 1 amide bonds. The number of hydrogen-bond acceptors (Lipinski definition) is 6. The van der Waals surface area contributed by atoms with Crippen molar-refractivity contribution >= 4 is 17.2 Å². The molecule has 0 radical (unpaired) electrons. The van der Waals surface area contributed by atoms with Crippen molar-refractivity contribution < 1.29 is 14.1 Å². The van der Waals surface area contributed by atoms with Gasteiger partial charge in [-0.1, -0.05) is 29.8 Å². The van der Waals surface area contributed by atoms with Gasteiger partial charge < -0.3 is 14.6 Å². The highest BCUT2D eigenvalue weighted by Gasteiger charge is 2.24. The van der Waals surface area contributed by atoms with Crippen LogP contribution in [0.15, 0.2) is 52.4 Å². The van der Waals surface area contributed by atoms with Gasteiger partial charge >= 0.3 is 0 Å². The number of benzene rings is 1. The molecule has 0 saturated carbocycles. The average Bonchev–Trinajstić information content (AvgIpc) is 3.47. The van der Waals surface area contributed by atoms with Gasteiger partial charge in [-0.3, -0.25) is 9.69 Å². The molecule has 1 aromatic carbocycles. The molecule has 0 spiro atoms. The number of thiophene rings is 1. The van der Waals surface area contributed by atoms with Crippen LogP contribution in [-0.4, -0.2) is 42.7 Å². The normalized spacial score (nSPS) is 15.8. The lowest BCUT2D eigenvalue weighted by Crippen LogP contribution is -2.40. The average molecular weight is 412 g/mol. The second kappa shape index (κ2) is 9.24. The number of carbonyl (C=O) groups excluding carboxylic acids is 1. The minimum absolute atomic E-state index is 0.119. The van der Waals surface area contributed by atoms with Crippen molar-refractivity contribution in [1.29, 1.82) is 0 Å². The summed E-state index contributed by atoms with van der Waals surface area (Å²) >= 11 is 1.56. The van der Waals surface area contributed by atoms with E-state index in [0.29, 0.717) is 18.0 Å². The first-order valence-corrected chi connectivity index (χ1v) is 10.8. The number of nitrogens with one attached hydrogen (secondary N) is 1. The van der Waals surface area contributed by atoms with Crippen LogP contribution < -0.4 is 10.1 Å². The number of rotatable bonds is 7. The Labute approximate surface area is 174 Å². The molecule has 3 aromatic rings. The number of methoxy groups -OCH3 is 1. The number of carbonyl (C=O) groups is 1. The fraction of sp³-hybridized carbons (Fsp3) is 0.364. The van der Waals surface area contributed by atoms with Crippen LogP contribution in [0, 0.1) is 0 Å². The predicted octanol–water partition coefficient (Wildman–Crippen LogP) is 4.37. The van der Waals surface area contributed by atoms with E-state index in [2.05, 4.69) is 27.5 Å². The Morgan fingerprint density at radius 3 is 2.72 bits per heavy atom. The third kappa shape index (κ3) is 4.68. The molecule has 152 valence electrons. The summed E-state index contributed by atoms with van der Waals surface area (Å²) in [7, 11) is 1.67. The minimum Gasteiger partial charge on any atom is -0.497 e. The van der Waals surface area contributed by atoms with Crippen molar-refractivity contribution in [2.24, 2.45) is 0 Å². The van der Waals surface area contributed by atoms with Crippen LogP contribution in [0.25, 0.3) is 10.6 Å². The number of likely N-dealkylation sites (tertiary alicyclic amines) is 1. The predicted molar refractivity (Wildman–Crippen MR) is 113 cm³/mol. The smallest absolute Gasteiger partial charge is 0.273 e. The van der Waals surface area contributed by atoms with Crippen molar-refractivity contribution in [3.8, 4) is 16.4 Å². The number of nitrogens with zero attached hydrogens (tertiary/aromatic N) is 2. The van der Waals surface area contributed by atoms with E-state index in [1.54, 1.807) is 24.5 Å². The lowest BCUT2D eigenvalue weighted by molar-refractivity contribution is 0.0915. The van der Waals surface area contributed by atoms with Gasteiger partial charge in [0.25, 0.3) is 5.91 Å². The Morgan fingerprint density at radius 1 is 1.24 bits per heavy atom. The summed E-state index contributed by atoms with van der Waals surface area (Å²) in [6, 6.07) is 13.8. The molecule has 1 N–H and O–H groups in total. The first-order chi connectivity index (χ1) is 14.2. The second-order valence-electron chi connectivity index (χ2n) is 7.15. The van der Waals surface area contributed by atoms with Crippen molar-refractivity contribution in [2.75, 3.05) is 26.7 Å². The standard InChI is InChI=1S/C22H25N3O3S/c1-27-17-9-7-16(8-10-17)19(25-11-3-2-4-12-25)15-23-22(26)18-14-20(28-24-18)21-6-5-13-29-21/h5-10,13-14,19H,2-4,11-12,15H2,1H3,(H,23,26). The molecule has 29 heavy (non-hydrogen) atoms. The van der Waals surface area contributed by atoms with E-state index < -0.39 is 0 Å². The second-order valence-corrected chi connectivity index (χ2v) is 8.10. The Kier molecular flexibility index (Phi) is 6.27. The Hall–Kier alpha value is -2.64. The zero-order valence-corrected chi connectivity index (χ0v) is 17.3. The van der Waals surface area contributed by atoms with E-state index in [-0.39, 0.29) is 11.9 Å². The lowest BCUT2D eigenvalue weighted by atomic mass is 10.0. The van der Waals surface area contributed by atoms with Gasteiger partial charge in [-0.15, -0.1) is 11.3 Å². The number of aromatic nitrogens is 1. The first-order valence-electron chi connectivity index (χ1n) is 9.91. The van der Waals surface area contributed by atoms with Gasteiger partial charge in [-0.25, -0.2) is 0 Å². The quantitative estimate of drug-likeness (QED) is 0.625. The van der Waals surface area contributed by atoms with Crippen molar-refractivity contribution in [3.63, 3.8) is 0 Å². The van der Waals surface area contributed by atoms with Crippen LogP contribution in [0.1, 0.15) is 41.4 Å². The Morgan fingerprint density at radius 2 is 2.03 bits per heavy atom. The molecular weight excluding hydrogens is 386 g/mol. The van der Waals surface area contributed by atoms with E-state index in [4.69, 9.17) is 9.26 Å². The van der Waals surface area contributed by atoms with E-state index in [1.165, 1.54) is 24.8 Å². The summed E-state index contributed by atoms with van der Waals surface area (Å²) in [4.78, 5) is 16.1. The van der Waals surface area contributed by atoms with E-state index in [0.717, 1.165) is 23.7 Å². The summed E-state index contributed by atoms with van der Waals surface area (Å²) in [5.41, 5.74) is 1.48. The maximum atomic E-state index is 12.7. The molecule has 0 aliphatic carbocycles. The molecule has 1 aliphatic heterocycles. The molecule has 7 heteroatoms. The van der Waals surface area contributed by atoms with Crippen LogP contribution in [0.3, 0.4) is 0 Å². The fourth-order valence-electron chi connectivity index (χ4n) is 3.71. The minimum atomic E-state index is -0.216. The molecule has 1 unspecified atom stereocenters. The largest absolute Gasteiger partial charge is 0.497 e. The SMILES string of the molecule is COc1ccc(C(CNC(=O)c2cc(-c3cccs3)on2)N2CCCCC2)cc1. The molecule has 1 aliphatic rings. The molecule has 1 atom stereocenters. The Bertz CT molecular complexity index is 915. The highest BCUT2D eigenvalue weighted by Crippen LogP contribution is 2.27. The third-order valence-electron chi connectivity index (χ3n) is 5.29. The van der Waals surface area contributed by atoms with Crippen LogP contribution in [0.2, 0.25) is 0 Å². The maximum absolute atomic E-state index is 12.7. The third-order valence-corrected chi connectivity index (χ3v) is 6.18. The molecule has 3 heterocycles. The highest BCUT2D eigenvalue weighted by atomic mass is 32.1. The van der Waals surface area contributed by atoms with Crippen molar-refractivity contribution in [1.82, 2.24) is 15.4 Å². The van der Waals surface area contributed by atoms with Gasteiger partial charge in [0.2, 0.25) is 0 Å². The van der Waals surface area contributed by atoms with E-state index in [1.807, 2.05) is 29.6 Å². The first kappa shape index (κ1) is 19.7. The van der Waals surface area contributed by atoms with E-state index in [9.17, 15) is 4.79 Å². The zero-order valence-electron chi connectivity index (χ0n) is 16.5. The van der Waals surface area contributed by atoms with Crippen LogP contribution in [-0.2, 0) is 0 Å². The number of amides is 1. The fourth-order valence-corrected chi connectivity index (χ4v) is 4.38. The number of piperidine rings is 1. The summed E-state index contributed by atoms with van der Waals surface area (Å²) in [5.74, 6) is 1.24.